The van der Waals surface area contributed by atoms with E-state index in [1.807, 2.05) is 4.57 Å². The lowest BCUT2D eigenvalue weighted by Crippen LogP contribution is -2.44. The third-order valence-corrected chi connectivity index (χ3v) is 5.48. The van der Waals surface area contributed by atoms with Crippen LogP contribution in [0.15, 0.2) is 21.4 Å². The molecule has 16 heteroatoms. The number of rotatable bonds is 4. The molecule has 34 heavy (non-hydrogen) atoms. The Balaban J connectivity index is 0.000000406. The molecule has 4 heterocycles. The molecule has 1 aliphatic heterocycles. The topological polar surface area (TPSA) is 147 Å². The highest BCUT2D eigenvalue weighted by Gasteiger charge is 2.38. The average molecular weight is 499 g/mol. The highest BCUT2D eigenvalue weighted by Crippen LogP contribution is 2.25. The first kappa shape index (κ1) is 25.1. The maximum Gasteiger partial charge on any atom is 0.490 e. The number of aliphatic carboxylic acids is 1. The third kappa shape index (κ3) is 5.66. The standard InChI is InChI=1S/C16H19N9OS.C2HF3O2/c1-3-4-7-25-11-12(20-15(25)24-8-5-17-6-9-24)21-16(23(2)13(11)26)27-14-18-10-19-22-14;3-2(4,5)1(6)7/h10,17H,5-9H2,1-2H3,(H,18,19,22);(H,6,7). The Hall–Kier alpha value is -3.58. The molecule has 0 aliphatic carbocycles. The van der Waals surface area contributed by atoms with Gasteiger partial charge in [0.1, 0.15) is 6.33 Å². The zero-order valence-electron chi connectivity index (χ0n) is 18.0. The van der Waals surface area contributed by atoms with Crippen LogP contribution in [0, 0.1) is 11.8 Å². The van der Waals surface area contributed by atoms with Crippen LogP contribution in [0.25, 0.3) is 11.2 Å². The average Bonchev–Trinajstić information content (AvgIpc) is 3.44. The van der Waals surface area contributed by atoms with Gasteiger partial charge in [0.05, 0.1) is 6.54 Å². The summed E-state index contributed by atoms with van der Waals surface area (Å²) in [6.45, 7) is 5.58. The summed E-state index contributed by atoms with van der Waals surface area (Å²) < 4.78 is 35.1. The maximum absolute atomic E-state index is 13.1. The smallest absolute Gasteiger partial charge is 0.475 e. The minimum Gasteiger partial charge on any atom is -0.475 e. The summed E-state index contributed by atoms with van der Waals surface area (Å²) in [6.07, 6.45) is -3.60. The Morgan fingerprint density at radius 1 is 1.29 bits per heavy atom. The maximum atomic E-state index is 13.1. The summed E-state index contributed by atoms with van der Waals surface area (Å²) in [6, 6.07) is 0. The van der Waals surface area contributed by atoms with Crippen LogP contribution in [-0.4, -0.2) is 77.7 Å². The van der Waals surface area contributed by atoms with Gasteiger partial charge in [0, 0.05) is 33.2 Å². The second kappa shape index (κ2) is 10.6. The normalized spacial score (nSPS) is 13.7. The number of carbonyl (C=O) groups is 1. The van der Waals surface area contributed by atoms with Gasteiger partial charge in [0.2, 0.25) is 11.1 Å². The van der Waals surface area contributed by atoms with Crippen LogP contribution in [0.4, 0.5) is 19.1 Å². The van der Waals surface area contributed by atoms with E-state index < -0.39 is 12.1 Å². The summed E-state index contributed by atoms with van der Waals surface area (Å²) in [5, 5.41) is 18.1. The second-order valence-corrected chi connectivity index (χ2v) is 7.71. The molecule has 0 amide bonds. The number of anilines is 1. The van der Waals surface area contributed by atoms with Crippen molar-refractivity contribution in [2.24, 2.45) is 7.05 Å². The predicted molar refractivity (Wildman–Crippen MR) is 115 cm³/mol. The van der Waals surface area contributed by atoms with Crippen molar-refractivity contribution in [2.75, 3.05) is 31.1 Å². The number of carboxylic acid groups (broad SMARTS) is 1. The molecule has 0 bridgehead atoms. The number of halogens is 3. The van der Waals surface area contributed by atoms with E-state index in [0.717, 1.165) is 32.1 Å². The largest absolute Gasteiger partial charge is 0.490 e. The number of alkyl halides is 3. The molecule has 1 aliphatic rings. The van der Waals surface area contributed by atoms with Gasteiger partial charge < -0.3 is 15.3 Å². The van der Waals surface area contributed by atoms with Crippen molar-refractivity contribution < 1.29 is 23.1 Å². The molecule has 3 N–H and O–H groups in total. The lowest BCUT2D eigenvalue weighted by atomic mass is 10.4. The van der Waals surface area contributed by atoms with Crippen molar-refractivity contribution in [1.29, 1.82) is 0 Å². The first-order valence-electron chi connectivity index (χ1n) is 9.79. The second-order valence-electron chi connectivity index (χ2n) is 6.78. The molecule has 12 nitrogen and oxygen atoms in total. The quantitative estimate of drug-likeness (QED) is 0.342. The molecule has 3 aromatic rings. The fraction of sp³-hybridized carbons (Fsp3) is 0.444. The number of carboxylic acids is 1. The molecule has 0 unspecified atom stereocenters. The zero-order chi connectivity index (χ0) is 24.9. The number of H-pyrrole nitrogens is 1. The molecule has 3 aromatic heterocycles. The Bertz CT molecular complexity index is 1270. The zero-order valence-corrected chi connectivity index (χ0v) is 18.9. The first-order valence-corrected chi connectivity index (χ1v) is 10.6. The van der Waals surface area contributed by atoms with Crippen molar-refractivity contribution in [3.05, 3.63) is 16.7 Å². The molecular weight excluding hydrogens is 479 g/mol. The Morgan fingerprint density at radius 3 is 2.53 bits per heavy atom. The fourth-order valence-electron chi connectivity index (χ4n) is 2.96. The van der Waals surface area contributed by atoms with Crippen LogP contribution in [0.5, 0.6) is 0 Å². The van der Waals surface area contributed by atoms with Gasteiger partial charge in [-0.05, 0) is 18.7 Å². The number of hydrogen-bond donors (Lipinski definition) is 3. The predicted octanol–water partition coefficient (Wildman–Crippen LogP) is 0.465. The van der Waals surface area contributed by atoms with Crippen molar-refractivity contribution in [3.63, 3.8) is 0 Å². The summed E-state index contributed by atoms with van der Waals surface area (Å²) in [5.74, 6) is 3.92. The molecule has 1 fully saturated rings. The van der Waals surface area contributed by atoms with E-state index in [9.17, 15) is 18.0 Å². The minimum atomic E-state index is -5.08. The fourth-order valence-corrected chi connectivity index (χ4v) is 3.68. The van der Waals surface area contributed by atoms with Gasteiger partial charge in [-0.25, -0.2) is 14.8 Å². The summed E-state index contributed by atoms with van der Waals surface area (Å²) in [5.41, 5.74) is 0.723. The van der Waals surface area contributed by atoms with Gasteiger partial charge in [0.15, 0.2) is 16.3 Å². The summed E-state index contributed by atoms with van der Waals surface area (Å²) >= 11 is 1.22. The van der Waals surface area contributed by atoms with Gasteiger partial charge in [-0.2, -0.15) is 18.2 Å². The van der Waals surface area contributed by atoms with Gasteiger partial charge in [-0.3, -0.25) is 19.0 Å². The van der Waals surface area contributed by atoms with Gasteiger partial charge in [-0.1, -0.05) is 5.92 Å². The number of aromatic amines is 1. The van der Waals surface area contributed by atoms with E-state index in [2.05, 4.69) is 47.2 Å². The van der Waals surface area contributed by atoms with E-state index >= 15 is 0 Å². The highest BCUT2D eigenvalue weighted by atomic mass is 32.2. The van der Waals surface area contributed by atoms with Crippen molar-refractivity contribution >= 4 is 34.8 Å². The number of hydrogen-bond acceptors (Lipinski definition) is 9. The van der Waals surface area contributed by atoms with Crippen LogP contribution in [0.1, 0.15) is 6.92 Å². The Morgan fingerprint density at radius 2 is 1.97 bits per heavy atom. The Kier molecular flexibility index (Phi) is 7.79. The minimum absolute atomic E-state index is 0.162. The monoisotopic (exact) mass is 499 g/mol. The molecule has 182 valence electrons. The molecule has 0 radical (unpaired) electrons. The number of fused-ring (bicyclic) bond motifs is 1. The van der Waals surface area contributed by atoms with Crippen molar-refractivity contribution in [3.8, 4) is 11.8 Å². The lowest BCUT2D eigenvalue weighted by molar-refractivity contribution is -0.192. The first-order chi connectivity index (χ1) is 16.1. The molecular formula is C18H20F3N9O3S. The molecule has 1 saturated heterocycles. The van der Waals surface area contributed by atoms with Gasteiger partial charge >= 0.3 is 12.1 Å². The number of imidazole rings is 1. The summed E-state index contributed by atoms with van der Waals surface area (Å²) in [4.78, 5) is 37.5. The molecule has 0 aromatic carbocycles. The van der Waals surface area contributed by atoms with E-state index in [1.165, 1.54) is 22.7 Å². The SMILES string of the molecule is CC#CCn1c(N2CCNCC2)nc2nc(Sc3nc[nH]n3)n(C)c(=O)c21.O=C(O)C(F)(F)F. The van der Waals surface area contributed by atoms with Gasteiger partial charge in [-0.15, -0.1) is 11.0 Å². The van der Waals surface area contributed by atoms with E-state index in [4.69, 9.17) is 9.90 Å². The van der Waals surface area contributed by atoms with Crippen molar-refractivity contribution in [1.82, 2.24) is 39.6 Å². The number of aromatic nitrogens is 7. The molecule has 4 rings (SSSR count). The van der Waals surface area contributed by atoms with E-state index in [-0.39, 0.29) is 5.56 Å². The Labute approximate surface area is 194 Å². The summed E-state index contributed by atoms with van der Waals surface area (Å²) in [7, 11) is 1.69. The van der Waals surface area contributed by atoms with Crippen LogP contribution < -0.4 is 15.8 Å². The van der Waals surface area contributed by atoms with Gasteiger partial charge in [0.25, 0.3) is 5.56 Å². The molecule has 0 atom stereocenters. The van der Waals surface area contributed by atoms with E-state index in [1.54, 1.807) is 14.0 Å². The molecule has 0 spiro atoms. The van der Waals surface area contributed by atoms with Crippen LogP contribution in [0.3, 0.4) is 0 Å². The lowest BCUT2D eigenvalue weighted by Gasteiger charge is -2.28. The number of nitrogens with zero attached hydrogens (tertiary/aromatic N) is 7. The molecule has 0 saturated carbocycles. The number of nitrogens with one attached hydrogen (secondary N) is 2. The van der Waals surface area contributed by atoms with Crippen LogP contribution in [-0.2, 0) is 18.4 Å². The van der Waals surface area contributed by atoms with E-state index in [0.29, 0.717) is 28.0 Å². The third-order valence-electron chi connectivity index (χ3n) is 4.56. The van der Waals surface area contributed by atoms with Crippen LogP contribution in [0.2, 0.25) is 0 Å². The van der Waals surface area contributed by atoms with Crippen molar-refractivity contribution in [2.45, 2.75) is 30.0 Å². The highest BCUT2D eigenvalue weighted by molar-refractivity contribution is 7.99. The number of piperazine rings is 1. The van der Waals surface area contributed by atoms with Crippen LogP contribution >= 0.6 is 11.8 Å².